The fourth-order valence-electron chi connectivity index (χ4n) is 7.47. The Hall–Kier alpha value is -7.02. The van der Waals surface area contributed by atoms with E-state index < -0.39 is 0 Å². The molecule has 13 heteroatoms. The molecule has 13 nitrogen and oxygen atoms in total. The van der Waals surface area contributed by atoms with E-state index >= 15 is 0 Å². The summed E-state index contributed by atoms with van der Waals surface area (Å²) in [6.45, 7) is 42.9. The van der Waals surface area contributed by atoms with Crippen molar-refractivity contribution in [3.63, 3.8) is 0 Å². The first-order chi connectivity index (χ1) is 33.4. The molecule has 0 unspecified atom stereocenters. The van der Waals surface area contributed by atoms with E-state index in [1.54, 1.807) is 12.7 Å². The highest BCUT2D eigenvalue weighted by atomic mass is 15.3. The maximum absolute atomic E-state index is 4.62. The number of benzene rings is 1. The minimum Gasteiger partial charge on any atom is -0.304 e. The Balaban J connectivity index is 0.000000169. The van der Waals surface area contributed by atoms with Gasteiger partial charge in [0.1, 0.15) is 23.8 Å². The number of nitrogens with zero attached hydrogens (tertiary/aromatic N) is 13. The maximum Gasteiger partial charge on any atom is 0.158 e. The van der Waals surface area contributed by atoms with E-state index in [1.807, 2.05) is 91.8 Å². The first-order valence-corrected chi connectivity index (χ1v) is 24.8. The molecule has 0 aliphatic carbocycles. The van der Waals surface area contributed by atoms with Gasteiger partial charge in [-0.2, -0.15) is 10.2 Å². The summed E-state index contributed by atoms with van der Waals surface area (Å²) in [4.78, 5) is 34.6. The van der Waals surface area contributed by atoms with Crippen molar-refractivity contribution >= 4 is 38.9 Å². The highest BCUT2D eigenvalue weighted by Gasteiger charge is 2.20. The van der Waals surface area contributed by atoms with Crippen molar-refractivity contribution in [3.05, 3.63) is 161 Å². The first kappa shape index (κ1) is 56.9. The van der Waals surface area contributed by atoms with Gasteiger partial charge in [0.2, 0.25) is 0 Å². The Morgan fingerprint density at radius 3 is 1.62 bits per heavy atom. The average molecular weight is 984 g/mol. The quantitative estimate of drug-likeness (QED) is 0.144. The van der Waals surface area contributed by atoms with E-state index in [2.05, 4.69) is 202 Å². The fourth-order valence-corrected chi connectivity index (χ4v) is 7.47. The lowest BCUT2D eigenvalue weighted by molar-refractivity contribution is 0.553. The van der Waals surface area contributed by atoms with Crippen LogP contribution in [0, 0.1) is 34.6 Å². The molecule has 0 bridgehead atoms. The molecule has 10 aromatic rings. The van der Waals surface area contributed by atoms with Gasteiger partial charge in [0.05, 0.1) is 40.5 Å². The zero-order chi connectivity index (χ0) is 53.1. The number of fused-ring (bicyclic) bond motifs is 5. The summed E-state index contributed by atoms with van der Waals surface area (Å²) < 4.78 is 5.84. The van der Waals surface area contributed by atoms with Crippen molar-refractivity contribution in [1.82, 2.24) is 63.5 Å². The van der Waals surface area contributed by atoms with Gasteiger partial charge < -0.3 is 4.40 Å². The summed E-state index contributed by atoms with van der Waals surface area (Å²) in [6.07, 6.45) is 12.9. The Labute approximate surface area is 434 Å². The maximum atomic E-state index is 4.62. The standard InChI is InChI=1S/C13H16N2.C12H15N3.C12H16N2.2C11H15N3.CH4/c1-9-11-7-10(13(2,3)4)5-6-12(11)15-8-14-9;1-8-11-9(14-7-13-8)5-6-10(15-11)12(2,3)4;1-9-7-13-11-6-5-10(8-14(9)11)12(2,3)4;1-8-7-12-14-6-5-9(11(2,3)4)13-10(8)14;1-8-7-12-10-6-5-9(11(2,3)4)13-14(8)10;/h5-8H,1-4H3;5-7H,1-4H3;5-8H,1-4H3;2*5-7H,1-4H3;1H4. The Bertz CT molecular complexity index is 3140. The molecule has 73 heavy (non-hydrogen) atoms. The molecule has 0 fully saturated rings. The topological polar surface area (TPSA) is 142 Å². The van der Waals surface area contributed by atoms with Crippen LogP contribution in [0.5, 0.6) is 0 Å². The third-order valence-electron chi connectivity index (χ3n) is 12.3. The second-order valence-electron chi connectivity index (χ2n) is 23.8. The van der Waals surface area contributed by atoms with E-state index in [0.29, 0.717) is 0 Å². The van der Waals surface area contributed by atoms with E-state index in [1.165, 1.54) is 16.8 Å². The highest BCUT2D eigenvalue weighted by Crippen LogP contribution is 2.27. The monoisotopic (exact) mass is 984 g/mol. The Kier molecular flexibility index (Phi) is 17.1. The predicted octanol–water partition coefficient (Wildman–Crippen LogP) is 14.1. The molecule has 9 aromatic heterocycles. The molecule has 0 N–H and O–H groups in total. The normalized spacial score (nSPS) is 12.0. The summed E-state index contributed by atoms with van der Waals surface area (Å²) in [5.41, 5.74) is 17.7. The summed E-state index contributed by atoms with van der Waals surface area (Å²) >= 11 is 0. The van der Waals surface area contributed by atoms with Crippen LogP contribution in [-0.4, -0.2) is 63.5 Å². The number of aromatic nitrogens is 13. The van der Waals surface area contributed by atoms with Crippen molar-refractivity contribution < 1.29 is 0 Å². The molecule has 9 heterocycles. The molecule has 0 saturated heterocycles. The molecular formula is C60H81N13. The summed E-state index contributed by atoms with van der Waals surface area (Å²) in [5, 5.41) is 9.91. The minimum atomic E-state index is 0. The first-order valence-electron chi connectivity index (χ1n) is 24.8. The van der Waals surface area contributed by atoms with Crippen LogP contribution < -0.4 is 0 Å². The molecule has 0 atom stereocenters. The van der Waals surface area contributed by atoms with Crippen molar-refractivity contribution in [1.29, 1.82) is 0 Å². The van der Waals surface area contributed by atoms with Gasteiger partial charge in [0, 0.05) is 68.6 Å². The molecule has 0 radical (unpaired) electrons. The number of imidazole rings is 2. The number of rotatable bonds is 0. The van der Waals surface area contributed by atoms with Crippen molar-refractivity contribution in [2.75, 3.05) is 0 Å². The molecule has 0 spiro atoms. The Morgan fingerprint density at radius 1 is 0.452 bits per heavy atom. The molecule has 1 aromatic carbocycles. The van der Waals surface area contributed by atoms with Gasteiger partial charge >= 0.3 is 0 Å². The number of hydrogen-bond donors (Lipinski definition) is 0. The van der Waals surface area contributed by atoms with Crippen molar-refractivity contribution in [2.24, 2.45) is 0 Å². The molecule has 0 amide bonds. The van der Waals surface area contributed by atoms with Crippen LogP contribution in [0.2, 0.25) is 0 Å². The van der Waals surface area contributed by atoms with Crippen LogP contribution >= 0.6 is 0 Å². The molecule has 0 aliphatic heterocycles. The summed E-state index contributed by atoms with van der Waals surface area (Å²) in [5.74, 6) is 0. The zero-order valence-corrected chi connectivity index (χ0v) is 46.6. The molecule has 10 rings (SSSR count). The van der Waals surface area contributed by atoms with Crippen LogP contribution in [0.15, 0.2) is 104 Å². The van der Waals surface area contributed by atoms with Gasteiger partial charge in [0.15, 0.2) is 11.3 Å². The van der Waals surface area contributed by atoms with Gasteiger partial charge in [0.25, 0.3) is 0 Å². The van der Waals surface area contributed by atoms with Crippen LogP contribution in [0.3, 0.4) is 0 Å². The number of pyridine rings is 2. The SMILES string of the molecule is C.Cc1cnc2ccc(C(C)(C)C)cn12.Cc1cnc2ccc(C(C)(C)C)nn12.Cc1cnn2ccc(C(C)(C)C)nc12.Cc1ncnc2ccc(C(C)(C)C)cc12.Cc1ncnc2ccc(C(C)(C)C)nc12. The van der Waals surface area contributed by atoms with Crippen LogP contribution in [0.25, 0.3) is 38.9 Å². The number of aryl methyl sites for hydroxylation is 5. The lowest BCUT2D eigenvalue weighted by Crippen LogP contribution is -2.15. The summed E-state index contributed by atoms with van der Waals surface area (Å²) in [7, 11) is 0. The van der Waals surface area contributed by atoms with E-state index in [0.717, 1.165) is 78.6 Å². The van der Waals surface area contributed by atoms with E-state index in [-0.39, 0.29) is 34.5 Å². The Morgan fingerprint density at radius 2 is 0.986 bits per heavy atom. The second-order valence-corrected chi connectivity index (χ2v) is 23.8. The molecule has 0 saturated carbocycles. The smallest absolute Gasteiger partial charge is 0.158 e. The lowest BCUT2D eigenvalue weighted by Gasteiger charge is -2.19. The van der Waals surface area contributed by atoms with Crippen LogP contribution in [-0.2, 0) is 27.1 Å². The third-order valence-corrected chi connectivity index (χ3v) is 12.3. The molecular weight excluding hydrogens is 903 g/mol. The summed E-state index contributed by atoms with van der Waals surface area (Å²) in [6, 6.07) is 20.8. The lowest BCUT2D eigenvalue weighted by atomic mass is 9.86. The molecule has 0 aliphatic rings. The van der Waals surface area contributed by atoms with Gasteiger partial charge in [-0.3, -0.25) is 0 Å². The van der Waals surface area contributed by atoms with Gasteiger partial charge in [-0.15, -0.1) is 0 Å². The van der Waals surface area contributed by atoms with Crippen molar-refractivity contribution in [3.8, 4) is 0 Å². The van der Waals surface area contributed by atoms with Gasteiger partial charge in [-0.1, -0.05) is 123 Å². The molecule has 386 valence electrons. The fraction of sp³-hybridized carbons (Fsp3) is 0.433. The second kappa shape index (κ2) is 22.0. The minimum absolute atomic E-state index is 0. The number of hydrogen-bond acceptors (Lipinski definition) is 10. The van der Waals surface area contributed by atoms with Gasteiger partial charge in [-0.25, -0.2) is 48.9 Å². The van der Waals surface area contributed by atoms with Crippen LogP contribution in [0.4, 0.5) is 0 Å². The zero-order valence-electron chi connectivity index (χ0n) is 46.6. The van der Waals surface area contributed by atoms with E-state index in [9.17, 15) is 0 Å². The third kappa shape index (κ3) is 14.1. The van der Waals surface area contributed by atoms with E-state index in [4.69, 9.17) is 0 Å². The van der Waals surface area contributed by atoms with Crippen molar-refractivity contribution in [2.45, 2.75) is 173 Å². The average Bonchev–Trinajstić information content (AvgIpc) is 4.00. The van der Waals surface area contributed by atoms with Gasteiger partial charge in [-0.05, 0) is 105 Å². The largest absolute Gasteiger partial charge is 0.304 e. The predicted molar refractivity (Wildman–Crippen MR) is 302 cm³/mol. The van der Waals surface area contributed by atoms with Crippen LogP contribution in [0.1, 0.15) is 168 Å². The highest BCUT2D eigenvalue weighted by molar-refractivity contribution is 5.81.